The van der Waals surface area contributed by atoms with Crippen molar-refractivity contribution >= 4 is 23.2 Å². The topological polar surface area (TPSA) is 78.4 Å². The van der Waals surface area contributed by atoms with Gasteiger partial charge in [-0.25, -0.2) is 0 Å². The second-order valence-electron chi connectivity index (χ2n) is 7.42. The van der Waals surface area contributed by atoms with Crippen LogP contribution in [0, 0.1) is 0 Å². The fourth-order valence-electron chi connectivity index (χ4n) is 3.66. The van der Waals surface area contributed by atoms with Gasteiger partial charge in [0.15, 0.2) is 5.96 Å². The van der Waals surface area contributed by atoms with Crippen molar-refractivity contribution in [2.75, 3.05) is 51.4 Å². The van der Waals surface area contributed by atoms with Gasteiger partial charge in [0.05, 0.1) is 24.9 Å². The van der Waals surface area contributed by atoms with Crippen LogP contribution >= 0.6 is 11.6 Å². The van der Waals surface area contributed by atoms with Crippen molar-refractivity contribution in [3.63, 3.8) is 0 Å². The normalized spacial score (nSPS) is 22.2. The van der Waals surface area contributed by atoms with Gasteiger partial charge in [-0.15, -0.1) is 0 Å². The fourth-order valence-corrected chi connectivity index (χ4v) is 3.82. The summed E-state index contributed by atoms with van der Waals surface area (Å²) in [6.07, 6.45) is 2.24. The Kier molecular flexibility index (Phi) is 7.26. The van der Waals surface area contributed by atoms with Gasteiger partial charge in [0, 0.05) is 56.8 Å². The minimum absolute atomic E-state index is 0.255. The van der Waals surface area contributed by atoms with Gasteiger partial charge in [-0.05, 0) is 31.5 Å². The minimum Gasteiger partial charge on any atom is -0.495 e. The lowest BCUT2D eigenvalue weighted by Crippen LogP contribution is -2.46. The summed E-state index contributed by atoms with van der Waals surface area (Å²) >= 11 is 6.18. The first-order chi connectivity index (χ1) is 13.5. The van der Waals surface area contributed by atoms with Crippen LogP contribution in [-0.2, 0) is 4.74 Å². The molecule has 7 nitrogen and oxygen atoms in total. The number of halogens is 1. The maximum absolute atomic E-state index is 10.6. The summed E-state index contributed by atoms with van der Waals surface area (Å²) in [7, 11) is 1.68. The second-order valence-corrected chi connectivity index (χ2v) is 7.86. The van der Waals surface area contributed by atoms with E-state index in [1.165, 1.54) is 0 Å². The molecule has 156 valence electrons. The molecule has 0 spiro atoms. The van der Waals surface area contributed by atoms with Crippen molar-refractivity contribution < 1.29 is 14.6 Å². The molecule has 8 heteroatoms. The molecule has 3 N–H and O–H groups in total. The van der Waals surface area contributed by atoms with Gasteiger partial charge in [-0.1, -0.05) is 11.6 Å². The van der Waals surface area contributed by atoms with Crippen LogP contribution in [0.3, 0.4) is 0 Å². The van der Waals surface area contributed by atoms with Crippen LogP contribution in [0.2, 0.25) is 5.02 Å². The molecule has 0 aliphatic carbocycles. The van der Waals surface area contributed by atoms with Gasteiger partial charge in [0.25, 0.3) is 0 Å². The second kappa shape index (κ2) is 9.67. The van der Waals surface area contributed by atoms with Crippen LogP contribution in [-0.4, -0.2) is 69.2 Å². The van der Waals surface area contributed by atoms with E-state index in [2.05, 4.69) is 20.5 Å². The molecule has 1 aromatic carbocycles. The highest BCUT2D eigenvalue weighted by molar-refractivity contribution is 6.30. The van der Waals surface area contributed by atoms with Gasteiger partial charge in [-0.3, -0.25) is 4.99 Å². The Hall–Kier alpha value is -1.70. The average Bonchev–Trinajstić information content (AvgIpc) is 3.15. The number of guanidine groups is 1. The van der Waals surface area contributed by atoms with Crippen LogP contribution in [0.15, 0.2) is 23.2 Å². The van der Waals surface area contributed by atoms with Gasteiger partial charge < -0.3 is 30.1 Å². The first-order valence-corrected chi connectivity index (χ1v) is 10.3. The standard InChI is InChI=1S/C20H31ClN4O3/c1-3-22-19(23-14-20(26)7-10-28-11-8-20)24-16-6-9-25(13-16)17-12-15(21)4-5-18(17)27-2/h4-5,12,16,26H,3,6-11,13-14H2,1-2H3,(H2,22,23,24). The van der Waals surface area contributed by atoms with E-state index in [0.717, 1.165) is 43.5 Å². The average molecular weight is 411 g/mol. The number of aliphatic imine (C=N–C) groups is 1. The van der Waals surface area contributed by atoms with Crippen molar-refractivity contribution in [2.45, 2.75) is 37.8 Å². The molecule has 1 aromatic rings. The van der Waals surface area contributed by atoms with E-state index in [0.29, 0.717) is 37.6 Å². The molecule has 0 amide bonds. The first kappa shape index (κ1) is 21.0. The van der Waals surface area contributed by atoms with E-state index in [1.807, 2.05) is 25.1 Å². The van der Waals surface area contributed by atoms with E-state index in [9.17, 15) is 5.11 Å². The van der Waals surface area contributed by atoms with Crippen LogP contribution < -0.4 is 20.3 Å². The molecule has 1 atom stereocenters. The Morgan fingerprint density at radius 2 is 2.21 bits per heavy atom. The molecule has 2 saturated heterocycles. The van der Waals surface area contributed by atoms with Crippen molar-refractivity contribution in [1.82, 2.24) is 10.6 Å². The number of methoxy groups -OCH3 is 1. The molecule has 1 unspecified atom stereocenters. The number of nitrogens with one attached hydrogen (secondary N) is 2. The highest BCUT2D eigenvalue weighted by atomic mass is 35.5. The van der Waals surface area contributed by atoms with E-state index in [1.54, 1.807) is 7.11 Å². The van der Waals surface area contributed by atoms with Gasteiger partial charge in [0.1, 0.15) is 5.75 Å². The Morgan fingerprint density at radius 1 is 1.43 bits per heavy atom. The summed E-state index contributed by atoms with van der Waals surface area (Å²) in [5.41, 5.74) is 0.244. The zero-order chi connectivity index (χ0) is 20.0. The molecule has 2 aliphatic rings. The lowest BCUT2D eigenvalue weighted by Gasteiger charge is -2.30. The molecule has 2 aliphatic heterocycles. The molecule has 0 saturated carbocycles. The third-order valence-electron chi connectivity index (χ3n) is 5.31. The van der Waals surface area contributed by atoms with E-state index >= 15 is 0 Å². The maximum Gasteiger partial charge on any atom is 0.191 e. The Labute approximate surface area is 172 Å². The zero-order valence-electron chi connectivity index (χ0n) is 16.7. The van der Waals surface area contributed by atoms with Crippen molar-refractivity contribution in [3.8, 4) is 5.75 Å². The lowest BCUT2D eigenvalue weighted by molar-refractivity contribution is -0.0566. The van der Waals surface area contributed by atoms with Gasteiger partial charge in [0.2, 0.25) is 0 Å². The summed E-state index contributed by atoms with van der Waals surface area (Å²) in [4.78, 5) is 6.92. The van der Waals surface area contributed by atoms with E-state index < -0.39 is 5.60 Å². The third kappa shape index (κ3) is 5.43. The third-order valence-corrected chi connectivity index (χ3v) is 5.55. The summed E-state index contributed by atoms with van der Waals surface area (Å²) in [6, 6.07) is 5.94. The van der Waals surface area contributed by atoms with Crippen LogP contribution in [0.4, 0.5) is 5.69 Å². The number of benzene rings is 1. The summed E-state index contributed by atoms with van der Waals surface area (Å²) in [5, 5.41) is 18.1. The fraction of sp³-hybridized carbons (Fsp3) is 0.650. The predicted molar refractivity (Wildman–Crippen MR) is 113 cm³/mol. The Bertz CT molecular complexity index is 679. The summed E-state index contributed by atoms with van der Waals surface area (Å²) in [5.74, 6) is 1.57. The summed E-state index contributed by atoms with van der Waals surface area (Å²) < 4.78 is 10.8. The highest BCUT2D eigenvalue weighted by Gasteiger charge is 2.30. The molecule has 2 fully saturated rings. The number of anilines is 1. The first-order valence-electron chi connectivity index (χ1n) is 9.96. The smallest absolute Gasteiger partial charge is 0.191 e. The molecular formula is C20H31ClN4O3. The van der Waals surface area contributed by atoms with Crippen molar-refractivity contribution in [1.29, 1.82) is 0 Å². The number of hydrogen-bond acceptors (Lipinski definition) is 5. The number of rotatable bonds is 6. The predicted octanol–water partition coefficient (Wildman–Crippen LogP) is 2.02. The van der Waals surface area contributed by atoms with E-state index in [-0.39, 0.29) is 6.04 Å². The summed E-state index contributed by atoms with van der Waals surface area (Å²) in [6.45, 7) is 6.12. The van der Waals surface area contributed by atoms with Gasteiger partial charge in [-0.2, -0.15) is 0 Å². The Balaban J connectivity index is 1.62. The number of nitrogens with zero attached hydrogens (tertiary/aromatic N) is 2. The number of ether oxygens (including phenoxy) is 2. The monoisotopic (exact) mass is 410 g/mol. The molecule has 0 bridgehead atoms. The van der Waals surface area contributed by atoms with Crippen LogP contribution in [0.1, 0.15) is 26.2 Å². The largest absolute Gasteiger partial charge is 0.495 e. The molecule has 0 radical (unpaired) electrons. The van der Waals surface area contributed by atoms with Crippen LogP contribution in [0.25, 0.3) is 0 Å². The molecular weight excluding hydrogens is 380 g/mol. The molecule has 3 rings (SSSR count). The van der Waals surface area contributed by atoms with Crippen LogP contribution in [0.5, 0.6) is 5.75 Å². The van der Waals surface area contributed by atoms with Crippen molar-refractivity contribution in [3.05, 3.63) is 23.2 Å². The zero-order valence-corrected chi connectivity index (χ0v) is 17.5. The highest BCUT2D eigenvalue weighted by Crippen LogP contribution is 2.33. The molecule has 0 aromatic heterocycles. The maximum atomic E-state index is 10.6. The lowest BCUT2D eigenvalue weighted by atomic mass is 9.95. The Morgan fingerprint density at radius 3 is 2.93 bits per heavy atom. The quantitative estimate of drug-likeness (QED) is 0.492. The number of hydrogen-bond donors (Lipinski definition) is 3. The molecule has 2 heterocycles. The SMILES string of the molecule is CCNC(=NCC1(O)CCOCC1)NC1CCN(c2cc(Cl)ccc2OC)C1. The van der Waals surface area contributed by atoms with Gasteiger partial charge >= 0.3 is 0 Å². The minimum atomic E-state index is -0.767. The van der Waals surface area contributed by atoms with E-state index in [4.69, 9.17) is 21.1 Å². The number of aliphatic hydroxyl groups is 1. The molecule has 28 heavy (non-hydrogen) atoms. The van der Waals surface area contributed by atoms with Crippen molar-refractivity contribution in [2.24, 2.45) is 4.99 Å².